The van der Waals surface area contributed by atoms with E-state index in [2.05, 4.69) is 10.6 Å². The van der Waals surface area contributed by atoms with Crippen molar-refractivity contribution in [1.82, 2.24) is 15.5 Å². The van der Waals surface area contributed by atoms with Crippen molar-refractivity contribution in [3.05, 3.63) is 34.9 Å². The Morgan fingerprint density at radius 3 is 2.30 bits per heavy atom. The van der Waals surface area contributed by atoms with E-state index in [-0.39, 0.29) is 23.9 Å². The van der Waals surface area contributed by atoms with Gasteiger partial charge in [0, 0.05) is 29.7 Å². The molecule has 1 aromatic rings. The molecule has 0 radical (unpaired) electrons. The molecule has 1 aliphatic rings. The monoisotopic (exact) mass is 395 g/mol. The van der Waals surface area contributed by atoms with Crippen molar-refractivity contribution in [3.63, 3.8) is 0 Å². The molecule has 27 heavy (non-hydrogen) atoms. The van der Waals surface area contributed by atoms with Gasteiger partial charge in [-0.25, -0.2) is 9.59 Å². The number of carboxylic acid groups (broad SMARTS) is 1. The van der Waals surface area contributed by atoms with Crippen LogP contribution in [0.1, 0.15) is 43.5 Å². The molecule has 7 nitrogen and oxygen atoms in total. The minimum atomic E-state index is -1.03. The summed E-state index contributed by atoms with van der Waals surface area (Å²) in [6.07, 6.45) is 1.62. The highest BCUT2D eigenvalue weighted by molar-refractivity contribution is 6.30. The first kappa shape index (κ1) is 21.0. The standard InChI is InChI=1S/C19H26ClN3O4/c1-12(2)11-16(18(25)26)22-19(27)23-9-7-15(8-10-23)21-17(24)13-3-5-14(20)6-4-13/h3-6,12,15-16H,7-11H2,1-2H3,(H,21,24)(H,22,27)(H,25,26)/t16-/m0/s1. The summed E-state index contributed by atoms with van der Waals surface area (Å²) in [4.78, 5) is 37.5. The van der Waals surface area contributed by atoms with Crippen LogP contribution in [0, 0.1) is 5.92 Å². The zero-order valence-corrected chi connectivity index (χ0v) is 16.3. The Hall–Kier alpha value is -2.28. The van der Waals surface area contributed by atoms with E-state index < -0.39 is 12.0 Å². The summed E-state index contributed by atoms with van der Waals surface area (Å²) < 4.78 is 0. The predicted octanol–water partition coefficient (Wildman–Crippen LogP) is 2.74. The van der Waals surface area contributed by atoms with E-state index in [9.17, 15) is 19.5 Å². The molecule has 0 unspecified atom stereocenters. The number of hydrogen-bond donors (Lipinski definition) is 3. The fourth-order valence-corrected chi connectivity index (χ4v) is 3.16. The highest BCUT2D eigenvalue weighted by Gasteiger charge is 2.27. The van der Waals surface area contributed by atoms with Crippen molar-refractivity contribution in [3.8, 4) is 0 Å². The largest absolute Gasteiger partial charge is 0.480 e. The molecule has 1 aliphatic heterocycles. The third-order valence-electron chi connectivity index (χ3n) is 4.53. The van der Waals surface area contributed by atoms with Gasteiger partial charge in [0.05, 0.1) is 0 Å². The topological polar surface area (TPSA) is 98.7 Å². The molecule has 0 saturated carbocycles. The first-order valence-electron chi connectivity index (χ1n) is 9.11. The Bertz CT molecular complexity index is 670. The van der Waals surface area contributed by atoms with Crippen LogP contribution >= 0.6 is 11.6 Å². The second kappa shape index (κ2) is 9.60. The third kappa shape index (κ3) is 6.43. The average molecular weight is 396 g/mol. The third-order valence-corrected chi connectivity index (χ3v) is 4.78. The summed E-state index contributed by atoms with van der Waals surface area (Å²) in [5.74, 6) is -1.03. The van der Waals surface area contributed by atoms with Crippen molar-refractivity contribution >= 4 is 29.5 Å². The second-order valence-corrected chi connectivity index (χ2v) is 7.65. The van der Waals surface area contributed by atoms with Gasteiger partial charge < -0.3 is 20.6 Å². The Labute approximate surface area is 164 Å². The van der Waals surface area contributed by atoms with Crippen LogP contribution < -0.4 is 10.6 Å². The van der Waals surface area contributed by atoms with Gasteiger partial charge in [0.2, 0.25) is 0 Å². The highest BCUT2D eigenvalue weighted by atomic mass is 35.5. The average Bonchev–Trinajstić information content (AvgIpc) is 2.61. The number of amides is 3. The van der Waals surface area contributed by atoms with E-state index in [0.717, 1.165) is 0 Å². The summed E-state index contributed by atoms with van der Waals surface area (Å²) in [5, 5.41) is 15.4. The molecule has 3 N–H and O–H groups in total. The number of carboxylic acids is 1. The summed E-state index contributed by atoms with van der Waals surface area (Å²) in [6, 6.07) is 5.38. The molecule has 1 saturated heterocycles. The molecule has 148 valence electrons. The minimum absolute atomic E-state index is 0.0248. The van der Waals surface area contributed by atoms with Gasteiger partial charge in [-0.2, -0.15) is 0 Å². The summed E-state index contributed by atoms with van der Waals surface area (Å²) in [7, 11) is 0. The number of likely N-dealkylation sites (tertiary alicyclic amines) is 1. The van der Waals surface area contributed by atoms with Crippen molar-refractivity contribution in [2.24, 2.45) is 5.92 Å². The maximum absolute atomic E-state index is 12.3. The Kier molecular flexibility index (Phi) is 7.47. The van der Waals surface area contributed by atoms with Crippen LogP contribution in [0.2, 0.25) is 5.02 Å². The van der Waals surface area contributed by atoms with E-state index in [1.165, 1.54) is 0 Å². The lowest BCUT2D eigenvalue weighted by Crippen LogP contribution is -2.53. The summed E-state index contributed by atoms with van der Waals surface area (Å²) in [6.45, 7) is 4.75. The Morgan fingerprint density at radius 1 is 1.19 bits per heavy atom. The quantitative estimate of drug-likeness (QED) is 0.689. The summed E-state index contributed by atoms with van der Waals surface area (Å²) in [5.41, 5.74) is 0.539. The number of rotatable bonds is 6. The number of nitrogens with zero attached hydrogens (tertiary/aromatic N) is 1. The predicted molar refractivity (Wildman–Crippen MR) is 103 cm³/mol. The molecular weight excluding hydrogens is 370 g/mol. The normalized spacial score (nSPS) is 16.1. The number of piperidine rings is 1. The molecule has 1 aromatic carbocycles. The lowest BCUT2D eigenvalue weighted by molar-refractivity contribution is -0.139. The molecule has 1 heterocycles. The molecule has 0 aromatic heterocycles. The van der Waals surface area contributed by atoms with E-state index in [4.69, 9.17) is 11.6 Å². The number of halogens is 1. The van der Waals surface area contributed by atoms with Gasteiger partial charge in [0.1, 0.15) is 6.04 Å². The number of benzene rings is 1. The van der Waals surface area contributed by atoms with Gasteiger partial charge >= 0.3 is 12.0 Å². The SMILES string of the molecule is CC(C)C[C@H](NC(=O)N1CCC(NC(=O)c2ccc(Cl)cc2)CC1)C(=O)O. The first-order valence-corrected chi connectivity index (χ1v) is 9.48. The van der Waals surface area contributed by atoms with Crippen molar-refractivity contribution < 1.29 is 19.5 Å². The number of carbonyl (C=O) groups excluding carboxylic acids is 2. The Balaban J connectivity index is 1.81. The number of hydrogen-bond acceptors (Lipinski definition) is 3. The smallest absolute Gasteiger partial charge is 0.326 e. The van der Waals surface area contributed by atoms with Crippen LogP contribution in [-0.2, 0) is 4.79 Å². The van der Waals surface area contributed by atoms with Gasteiger partial charge in [-0.05, 0) is 49.4 Å². The summed E-state index contributed by atoms with van der Waals surface area (Å²) >= 11 is 5.83. The molecule has 3 amide bonds. The van der Waals surface area contributed by atoms with Crippen molar-refractivity contribution in [1.29, 1.82) is 0 Å². The van der Waals surface area contributed by atoms with E-state index in [1.54, 1.807) is 29.2 Å². The lowest BCUT2D eigenvalue weighted by Gasteiger charge is -2.33. The molecule has 2 rings (SSSR count). The van der Waals surface area contributed by atoms with Gasteiger partial charge in [-0.1, -0.05) is 25.4 Å². The molecule has 0 aliphatic carbocycles. The Morgan fingerprint density at radius 2 is 1.78 bits per heavy atom. The van der Waals surface area contributed by atoms with E-state index in [0.29, 0.717) is 42.9 Å². The van der Waals surface area contributed by atoms with Crippen LogP contribution in [0.5, 0.6) is 0 Å². The van der Waals surface area contributed by atoms with Gasteiger partial charge in [0.25, 0.3) is 5.91 Å². The molecular formula is C19H26ClN3O4. The fourth-order valence-electron chi connectivity index (χ4n) is 3.03. The number of carbonyl (C=O) groups is 3. The second-order valence-electron chi connectivity index (χ2n) is 7.21. The molecule has 1 fully saturated rings. The van der Waals surface area contributed by atoms with Crippen LogP contribution in [-0.4, -0.2) is 53.1 Å². The fraction of sp³-hybridized carbons (Fsp3) is 0.526. The van der Waals surface area contributed by atoms with Crippen molar-refractivity contribution in [2.45, 2.75) is 45.2 Å². The van der Waals surface area contributed by atoms with Gasteiger partial charge in [0.15, 0.2) is 0 Å². The van der Waals surface area contributed by atoms with Crippen molar-refractivity contribution in [2.75, 3.05) is 13.1 Å². The maximum atomic E-state index is 12.3. The van der Waals surface area contributed by atoms with E-state index >= 15 is 0 Å². The van der Waals surface area contributed by atoms with Crippen LogP contribution in [0.4, 0.5) is 4.79 Å². The van der Waals surface area contributed by atoms with Crippen LogP contribution in [0.3, 0.4) is 0 Å². The lowest BCUT2D eigenvalue weighted by atomic mass is 10.0. The molecule has 1 atom stereocenters. The maximum Gasteiger partial charge on any atom is 0.326 e. The van der Waals surface area contributed by atoms with E-state index in [1.807, 2.05) is 13.8 Å². The highest BCUT2D eigenvalue weighted by Crippen LogP contribution is 2.14. The van der Waals surface area contributed by atoms with Crippen LogP contribution in [0.15, 0.2) is 24.3 Å². The molecule has 0 spiro atoms. The number of nitrogens with one attached hydrogen (secondary N) is 2. The van der Waals surface area contributed by atoms with Gasteiger partial charge in [-0.3, -0.25) is 4.79 Å². The first-order chi connectivity index (χ1) is 12.8. The zero-order chi connectivity index (χ0) is 20.0. The number of aliphatic carboxylic acids is 1. The van der Waals surface area contributed by atoms with Crippen LogP contribution in [0.25, 0.3) is 0 Å². The number of urea groups is 1. The molecule has 8 heteroatoms. The minimum Gasteiger partial charge on any atom is -0.480 e. The van der Waals surface area contributed by atoms with Gasteiger partial charge in [-0.15, -0.1) is 0 Å². The zero-order valence-electron chi connectivity index (χ0n) is 15.6. The molecule has 0 bridgehead atoms.